The van der Waals surface area contributed by atoms with Gasteiger partial charge >= 0.3 is 0 Å². The monoisotopic (exact) mass is 566 g/mol. The van der Waals surface area contributed by atoms with E-state index >= 15 is 8.78 Å². The minimum Gasteiger partial charge on any atom is -0.325 e. The van der Waals surface area contributed by atoms with Crippen molar-refractivity contribution < 1.29 is 13.6 Å². The fourth-order valence-electron chi connectivity index (χ4n) is 5.44. The van der Waals surface area contributed by atoms with Crippen LogP contribution in [0.1, 0.15) is 49.8 Å². The Kier molecular flexibility index (Phi) is 8.00. The Bertz CT molecular complexity index is 1510. The van der Waals surface area contributed by atoms with E-state index in [0.717, 1.165) is 6.07 Å². The van der Waals surface area contributed by atoms with Gasteiger partial charge in [-0.1, -0.05) is 68.2 Å². The number of nitrogens with one attached hydrogen (secondary N) is 2. The molecule has 0 unspecified atom stereocenters. The smallest absolute Gasteiger partial charge is 0.242 e. The molecule has 3 aromatic rings. The molecule has 200 valence electrons. The third kappa shape index (κ3) is 5.49. The second-order valence-corrected chi connectivity index (χ2v) is 11.7. The van der Waals surface area contributed by atoms with Gasteiger partial charge in [0.25, 0.3) is 0 Å². The lowest BCUT2D eigenvalue weighted by atomic mass is 9.62. The number of nitrogens with zero attached hydrogens (tertiary/aromatic N) is 2. The van der Waals surface area contributed by atoms with Gasteiger partial charge in [0.05, 0.1) is 28.8 Å². The zero-order valence-electron chi connectivity index (χ0n) is 21.5. The van der Waals surface area contributed by atoms with Gasteiger partial charge in [0.2, 0.25) is 5.91 Å². The molecule has 0 aromatic heterocycles. The second kappa shape index (κ2) is 10.9. The molecule has 4 rings (SSSR count). The van der Waals surface area contributed by atoms with Crippen molar-refractivity contribution in [3.8, 4) is 12.1 Å². The Morgan fingerprint density at radius 2 is 1.79 bits per heavy atom. The van der Waals surface area contributed by atoms with E-state index in [1.807, 2.05) is 26.8 Å². The van der Waals surface area contributed by atoms with Crippen LogP contribution in [0.2, 0.25) is 10.0 Å². The molecule has 0 aliphatic carbocycles. The summed E-state index contributed by atoms with van der Waals surface area (Å²) < 4.78 is 31.3. The summed E-state index contributed by atoms with van der Waals surface area (Å²) in [7, 11) is 0. The number of benzene rings is 3. The van der Waals surface area contributed by atoms with Crippen LogP contribution >= 0.6 is 23.2 Å². The van der Waals surface area contributed by atoms with Crippen molar-refractivity contribution in [1.82, 2.24) is 5.32 Å². The Morgan fingerprint density at radius 3 is 2.44 bits per heavy atom. The maximum atomic E-state index is 15.7. The van der Waals surface area contributed by atoms with E-state index in [1.54, 1.807) is 18.2 Å². The molecule has 1 aliphatic heterocycles. The van der Waals surface area contributed by atoms with Crippen molar-refractivity contribution in [3.63, 3.8) is 0 Å². The van der Waals surface area contributed by atoms with Crippen LogP contribution in [0.25, 0.3) is 0 Å². The summed E-state index contributed by atoms with van der Waals surface area (Å²) in [6.07, 6.45) is 0.356. The van der Waals surface area contributed by atoms with Crippen molar-refractivity contribution in [2.45, 2.75) is 50.6 Å². The van der Waals surface area contributed by atoms with Gasteiger partial charge in [0, 0.05) is 28.2 Å². The Labute approximate surface area is 236 Å². The van der Waals surface area contributed by atoms with Gasteiger partial charge in [-0.15, -0.1) is 0 Å². The van der Waals surface area contributed by atoms with Crippen molar-refractivity contribution in [1.29, 1.82) is 10.5 Å². The molecular formula is C30H26Cl2F2N4O. The molecule has 9 heteroatoms. The highest BCUT2D eigenvalue weighted by Crippen LogP contribution is 2.52. The van der Waals surface area contributed by atoms with Crippen LogP contribution in [0.3, 0.4) is 0 Å². The van der Waals surface area contributed by atoms with E-state index in [4.69, 9.17) is 23.2 Å². The summed E-state index contributed by atoms with van der Waals surface area (Å²) in [5.41, 5.74) is -1.37. The average molecular weight is 567 g/mol. The van der Waals surface area contributed by atoms with E-state index in [9.17, 15) is 15.3 Å². The topological polar surface area (TPSA) is 88.7 Å². The first-order valence-electron chi connectivity index (χ1n) is 12.3. The van der Waals surface area contributed by atoms with E-state index in [0.29, 0.717) is 17.7 Å². The van der Waals surface area contributed by atoms with Gasteiger partial charge in [-0.25, -0.2) is 8.78 Å². The summed E-state index contributed by atoms with van der Waals surface area (Å²) in [6.45, 7) is 5.89. The van der Waals surface area contributed by atoms with E-state index in [2.05, 4.69) is 16.7 Å². The first kappa shape index (κ1) is 28.5. The molecule has 3 aromatic carbocycles. The minimum absolute atomic E-state index is 0.00213. The Hall–Kier alpha value is -3.49. The van der Waals surface area contributed by atoms with Crippen LogP contribution in [0, 0.1) is 39.7 Å². The van der Waals surface area contributed by atoms with Gasteiger partial charge in [0.1, 0.15) is 17.0 Å². The average Bonchev–Trinajstić information content (AvgIpc) is 3.18. The lowest BCUT2D eigenvalue weighted by molar-refractivity contribution is -0.118. The standard InChI is InChI=1S/C30H26Cl2F2N4O/c1-29(2,3)14-24-30(16-36,21-11-10-18(31)13-23(21)33)25(20-8-5-9-22(32)26(20)34)27(38-24)28(39)37-19-7-4-6-17(12-19)15-35/h4-13,24-25,27,38H,14H2,1-3H3,(H,37,39)/t24-,25-,27+,30-/m0/s1. The number of anilines is 1. The summed E-state index contributed by atoms with van der Waals surface area (Å²) in [5.74, 6) is -3.27. The number of hydrogen-bond donors (Lipinski definition) is 2. The van der Waals surface area contributed by atoms with Crippen LogP contribution in [-0.4, -0.2) is 18.0 Å². The molecule has 2 N–H and O–H groups in total. The molecule has 1 aliphatic rings. The zero-order chi connectivity index (χ0) is 28.5. The third-order valence-corrected chi connectivity index (χ3v) is 7.52. The van der Waals surface area contributed by atoms with E-state index in [1.165, 1.54) is 36.4 Å². The van der Waals surface area contributed by atoms with Gasteiger partial charge < -0.3 is 10.6 Å². The summed E-state index contributed by atoms with van der Waals surface area (Å²) >= 11 is 12.2. The molecule has 0 bridgehead atoms. The summed E-state index contributed by atoms with van der Waals surface area (Å²) in [5, 5.41) is 26.1. The highest BCUT2D eigenvalue weighted by Gasteiger charge is 2.61. The molecular weight excluding hydrogens is 541 g/mol. The van der Waals surface area contributed by atoms with Crippen molar-refractivity contribution in [2.24, 2.45) is 5.41 Å². The molecule has 5 nitrogen and oxygen atoms in total. The second-order valence-electron chi connectivity index (χ2n) is 10.9. The van der Waals surface area contributed by atoms with Crippen molar-refractivity contribution in [2.75, 3.05) is 5.32 Å². The van der Waals surface area contributed by atoms with Gasteiger partial charge in [-0.3, -0.25) is 4.79 Å². The summed E-state index contributed by atoms with van der Waals surface area (Å²) in [6, 6.07) is 17.1. The highest BCUT2D eigenvalue weighted by atomic mass is 35.5. The number of amides is 1. The normalized spacial score (nSPS) is 22.6. The van der Waals surface area contributed by atoms with Crippen molar-refractivity contribution >= 4 is 34.8 Å². The Morgan fingerprint density at radius 1 is 1.08 bits per heavy atom. The maximum Gasteiger partial charge on any atom is 0.242 e. The SMILES string of the molecule is CC(C)(C)C[C@@H]1N[C@@H](C(=O)Nc2cccc(C#N)c2)[C@H](c2cccc(Cl)c2F)[C@@]1(C#N)c1ccc(Cl)cc1F. The highest BCUT2D eigenvalue weighted by molar-refractivity contribution is 6.31. The molecule has 0 radical (unpaired) electrons. The molecule has 39 heavy (non-hydrogen) atoms. The van der Waals surface area contributed by atoms with Crippen LogP contribution in [0.5, 0.6) is 0 Å². The predicted molar refractivity (Wildman–Crippen MR) is 147 cm³/mol. The molecule has 4 atom stereocenters. The number of nitriles is 2. The largest absolute Gasteiger partial charge is 0.325 e. The predicted octanol–water partition coefficient (Wildman–Crippen LogP) is 7.10. The molecule has 0 saturated carbocycles. The number of carbonyl (C=O) groups excluding carboxylic acids is 1. The molecule has 1 fully saturated rings. The van der Waals surface area contributed by atoms with E-state index in [-0.39, 0.29) is 26.6 Å². The quantitative estimate of drug-likeness (QED) is 0.344. The first-order chi connectivity index (χ1) is 18.4. The number of halogens is 4. The van der Waals surface area contributed by atoms with Crippen LogP contribution in [0.15, 0.2) is 60.7 Å². The third-order valence-electron chi connectivity index (χ3n) is 6.99. The van der Waals surface area contributed by atoms with E-state index < -0.39 is 41.0 Å². The van der Waals surface area contributed by atoms with Crippen LogP contribution < -0.4 is 10.6 Å². The Balaban J connectivity index is 1.96. The lowest BCUT2D eigenvalue weighted by Crippen LogP contribution is -2.45. The van der Waals surface area contributed by atoms with Crippen LogP contribution in [0.4, 0.5) is 14.5 Å². The number of rotatable bonds is 5. The molecule has 1 heterocycles. The van der Waals surface area contributed by atoms with Crippen molar-refractivity contribution in [3.05, 3.63) is 99.0 Å². The zero-order valence-corrected chi connectivity index (χ0v) is 23.0. The van der Waals surface area contributed by atoms with Crippen LogP contribution in [-0.2, 0) is 10.2 Å². The lowest BCUT2D eigenvalue weighted by Gasteiger charge is -2.37. The fraction of sp³-hybridized carbons (Fsp3) is 0.300. The number of hydrogen-bond acceptors (Lipinski definition) is 4. The summed E-state index contributed by atoms with van der Waals surface area (Å²) in [4.78, 5) is 13.8. The molecule has 1 amide bonds. The molecule has 1 saturated heterocycles. The van der Waals surface area contributed by atoms with Gasteiger partial charge in [-0.05, 0) is 53.8 Å². The number of carbonyl (C=O) groups is 1. The van der Waals surface area contributed by atoms with Gasteiger partial charge in [-0.2, -0.15) is 10.5 Å². The minimum atomic E-state index is -1.72. The molecule has 0 spiro atoms. The van der Waals surface area contributed by atoms with Gasteiger partial charge in [0.15, 0.2) is 0 Å². The fourth-order valence-corrected chi connectivity index (χ4v) is 5.78. The first-order valence-corrected chi connectivity index (χ1v) is 13.0. The maximum absolute atomic E-state index is 15.7.